The van der Waals surface area contributed by atoms with Gasteiger partial charge in [-0.3, -0.25) is 24.3 Å². The maximum atomic E-state index is 13.4. The molecule has 2 heterocycles. The van der Waals surface area contributed by atoms with Crippen molar-refractivity contribution >= 4 is 29.4 Å². The third-order valence-electron chi connectivity index (χ3n) is 5.23. The number of carbonyl (C=O) groups is 3. The van der Waals surface area contributed by atoms with Gasteiger partial charge in [0.05, 0.1) is 12.2 Å². The lowest BCUT2D eigenvalue weighted by molar-refractivity contribution is -0.144. The number of aliphatic imine (C=N–C) groups is 1. The Balaban J connectivity index is 1.55. The van der Waals surface area contributed by atoms with E-state index in [1.54, 1.807) is 36.4 Å². The molecule has 0 fully saturated rings. The van der Waals surface area contributed by atoms with E-state index in [9.17, 15) is 14.4 Å². The molecule has 0 saturated heterocycles. The highest BCUT2D eigenvalue weighted by atomic mass is 16.5. The number of rotatable bonds is 6. The number of guanidine groups is 1. The molecule has 2 aliphatic rings. The number of ether oxygens (including phenoxy) is 1. The summed E-state index contributed by atoms with van der Waals surface area (Å²) in [5, 5.41) is 9.04. The first kappa shape index (κ1) is 21.4. The summed E-state index contributed by atoms with van der Waals surface area (Å²) in [6, 6.07) is 14.2. The number of hydrogen-bond donors (Lipinski definition) is 3. The number of nitrogens with zero attached hydrogens (tertiary/aromatic N) is 2. The predicted octanol–water partition coefficient (Wildman–Crippen LogP) is 0.964. The van der Waals surface area contributed by atoms with Gasteiger partial charge in [-0.1, -0.05) is 36.4 Å². The van der Waals surface area contributed by atoms with Crippen molar-refractivity contribution in [2.45, 2.75) is 13.0 Å². The van der Waals surface area contributed by atoms with Crippen LogP contribution in [0.25, 0.3) is 0 Å². The standard InChI is InChI=1S/C23H25N5O4/c1-15(29)32-21-16-6-2-3-7-17(16)22(31)28(19-9-5-4-8-18(19)21)14-20(30)24-10-11-25-23-26-12-13-27-23/h2-9,21H,10-14H2,1H3,(H,24,30)(H2,25,26,27). The van der Waals surface area contributed by atoms with Crippen LogP contribution in [0.15, 0.2) is 53.5 Å². The molecule has 0 bridgehead atoms. The second kappa shape index (κ2) is 9.51. The molecule has 2 aliphatic heterocycles. The molecule has 1 atom stereocenters. The number of hydrogen-bond acceptors (Lipinski definition) is 7. The SMILES string of the molecule is CC(=O)OC1c2ccccc2C(=O)N(CC(=O)NCCNC2=NCCN2)c2ccccc21. The van der Waals surface area contributed by atoms with Crippen LogP contribution < -0.4 is 20.9 Å². The third kappa shape index (κ3) is 4.56. The molecule has 9 nitrogen and oxygen atoms in total. The first-order valence-corrected chi connectivity index (χ1v) is 10.5. The van der Waals surface area contributed by atoms with Crippen LogP contribution in [0.1, 0.15) is 34.5 Å². The van der Waals surface area contributed by atoms with Gasteiger partial charge in [0.25, 0.3) is 5.91 Å². The van der Waals surface area contributed by atoms with Gasteiger partial charge in [0.1, 0.15) is 6.54 Å². The molecule has 2 aromatic carbocycles. The van der Waals surface area contributed by atoms with Gasteiger partial charge in [0.2, 0.25) is 5.91 Å². The average Bonchev–Trinajstić information content (AvgIpc) is 3.29. The van der Waals surface area contributed by atoms with Crippen LogP contribution in [0.4, 0.5) is 5.69 Å². The van der Waals surface area contributed by atoms with Crippen LogP contribution in [0.5, 0.6) is 0 Å². The molecule has 2 aromatic rings. The van der Waals surface area contributed by atoms with Crippen LogP contribution in [-0.2, 0) is 14.3 Å². The smallest absolute Gasteiger partial charge is 0.303 e. The van der Waals surface area contributed by atoms with Crippen LogP contribution in [-0.4, -0.2) is 56.5 Å². The Labute approximate surface area is 185 Å². The Bertz CT molecular complexity index is 1070. The summed E-state index contributed by atoms with van der Waals surface area (Å²) in [7, 11) is 0. The highest BCUT2D eigenvalue weighted by Crippen LogP contribution is 2.39. The Morgan fingerprint density at radius 2 is 1.88 bits per heavy atom. The summed E-state index contributed by atoms with van der Waals surface area (Å²) < 4.78 is 5.61. The number of anilines is 1. The lowest BCUT2D eigenvalue weighted by atomic mass is 9.97. The average molecular weight is 435 g/mol. The Kier molecular flexibility index (Phi) is 6.34. The first-order chi connectivity index (χ1) is 15.5. The van der Waals surface area contributed by atoms with Crippen LogP contribution in [0.2, 0.25) is 0 Å². The quantitative estimate of drug-likeness (QED) is 0.460. The summed E-state index contributed by atoms with van der Waals surface area (Å²) >= 11 is 0. The highest BCUT2D eigenvalue weighted by molar-refractivity contribution is 6.11. The molecule has 2 amide bonds. The van der Waals surface area contributed by atoms with E-state index in [4.69, 9.17) is 4.74 Å². The van der Waals surface area contributed by atoms with Gasteiger partial charge in [-0.2, -0.15) is 0 Å². The molecule has 3 N–H and O–H groups in total. The number of carbonyl (C=O) groups excluding carboxylic acids is 3. The van der Waals surface area contributed by atoms with Crippen molar-refractivity contribution in [3.63, 3.8) is 0 Å². The Morgan fingerprint density at radius 3 is 2.62 bits per heavy atom. The first-order valence-electron chi connectivity index (χ1n) is 10.5. The van der Waals surface area contributed by atoms with E-state index in [-0.39, 0.29) is 18.4 Å². The van der Waals surface area contributed by atoms with Crippen molar-refractivity contribution in [2.24, 2.45) is 4.99 Å². The zero-order valence-corrected chi connectivity index (χ0v) is 17.8. The number of nitrogens with one attached hydrogen (secondary N) is 3. The van der Waals surface area contributed by atoms with E-state index in [1.807, 2.05) is 12.1 Å². The summed E-state index contributed by atoms with van der Waals surface area (Å²) in [5.41, 5.74) is 2.19. The molecule has 0 radical (unpaired) electrons. The Morgan fingerprint density at radius 1 is 1.12 bits per heavy atom. The van der Waals surface area contributed by atoms with Gasteiger partial charge in [-0.05, 0) is 12.1 Å². The molecule has 9 heteroatoms. The maximum Gasteiger partial charge on any atom is 0.303 e. The summed E-state index contributed by atoms with van der Waals surface area (Å²) in [4.78, 5) is 43.6. The van der Waals surface area contributed by atoms with Crippen molar-refractivity contribution < 1.29 is 19.1 Å². The van der Waals surface area contributed by atoms with Gasteiger partial charge < -0.3 is 20.7 Å². The minimum absolute atomic E-state index is 0.157. The largest absolute Gasteiger partial charge is 0.453 e. The summed E-state index contributed by atoms with van der Waals surface area (Å²) in [6.45, 7) is 3.62. The van der Waals surface area contributed by atoms with Crippen LogP contribution >= 0.6 is 0 Å². The number of fused-ring (bicyclic) bond motifs is 2. The van der Waals surface area contributed by atoms with Gasteiger partial charge in [0.15, 0.2) is 12.1 Å². The second-order valence-electron chi connectivity index (χ2n) is 7.46. The monoisotopic (exact) mass is 435 g/mol. The zero-order valence-electron chi connectivity index (χ0n) is 17.8. The molecule has 32 heavy (non-hydrogen) atoms. The third-order valence-corrected chi connectivity index (χ3v) is 5.23. The molecule has 166 valence electrons. The fourth-order valence-corrected chi connectivity index (χ4v) is 3.85. The Hall–Kier alpha value is -3.88. The van der Waals surface area contributed by atoms with E-state index in [2.05, 4.69) is 20.9 Å². The van der Waals surface area contributed by atoms with Crippen LogP contribution in [0, 0.1) is 0 Å². The lowest BCUT2D eigenvalue weighted by Gasteiger charge is -2.23. The van der Waals surface area contributed by atoms with Crippen molar-refractivity contribution in [1.29, 1.82) is 0 Å². The molecule has 4 rings (SSSR count). The minimum atomic E-state index is -0.735. The molecule has 0 aliphatic carbocycles. The molecular formula is C23H25N5O4. The number of amides is 2. The molecule has 0 spiro atoms. The summed E-state index contributed by atoms with van der Waals surface area (Å²) in [6.07, 6.45) is -0.735. The molecule has 0 saturated carbocycles. The lowest BCUT2D eigenvalue weighted by Crippen LogP contribution is -2.44. The normalized spacial score (nSPS) is 16.8. The molecule has 1 unspecified atom stereocenters. The van der Waals surface area contributed by atoms with Crippen molar-refractivity contribution in [1.82, 2.24) is 16.0 Å². The minimum Gasteiger partial charge on any atom is -0.453 e. The predicted molar refractivity (Wildman–Crippen MR) is 119 cm³/mol. The fraction of sp³-hybridized carbons (Fsp3) is 0.304. The number of benzene rings is 2. The van der Waals surface area contributed by atoms with E-state index in [1.165, 1.54) is 11.8 Å². The van der Waals surface area contributed by atoms with Crippen molar-refractivity contribution in [3.8, 4) is 0 Å². The van der Waals surface area contributed by atoms with Crippen molar-refractivity contribution in [2.75, 3.05) is 37.6 Å². The maximum absolute atomic E-state index is 13.4. The zero-order chi connectivity index (χ0) is 22.5. The number of esters is 1. The van der Waals surface area contributed by atoms with E-state index >= 15 is 0 Å². The fourth-order valence-electron chi connectivity index (χ4n) is 3.85. The van der Waals surface area contributed by atoms with Crippen molar-refractivity contribution in [3.05, 3.63) is 65.2 Å². The van der Waals surface area contributed by atoms with E-state index < -0.39 is 12.1 Å². The van der Waals surface area contributed by atoms with Crippen LogP contribution in [0.3, 0.4) is 0 Å². The van der Waals surface area contributed by atoms with Gasteiger partial charge in [-0.15, -0.1) is 0 Å². The van der Waals surface area contributed by atoms with E-state index in [0.29, 0.717) is 35.5 Å². The van der Waals surface area contributed by atoms with Gasteiger partial charge in [0, 0.05) is 43.2 Å². The van der Waals surface area contributed by atoms with Gasteiger partial charge in [-0.25, -0.2) is 0 Å². The molecular weight excluding hydrogens is 410 g/mol. The molecule has 0 aromatic heterocycles. The van der Waals surface area contributed by atoms with Gasteiger partial charge >= 0.3 is 5.97 Å². The second-order valence-corrected chi connectivity index (χ2v) is 7.46. The highest BCUT2D eigenvalue weighted by Gasteiger charge is 2.34. The topological polar surface area (TPSA) is 112 Å². The summed E-state index contributed by atoms with van der Waals surface area (Å²) in [5.74, 6) is -0.337. The number of para-hydroxylation sites is 1. The van der Waals surface area contributed by atoms with E-state index in [0.717, 1.165) is 19.0 Å².